The Labute approximate surface area is 99.9 Å². The second kappa shape index (κ2) is 5.35. The minimum absolute atomic E-state index is 0.0936. The number of hydrogen-bond donors (Lipinski definition) is 1. The molecule has 1 heteroatoms. The molecule has 16 heavy (non-hydrogen) atoms. The molecule has 0 amide bonds. The van der Waals surface area contributed by atoms with Gasteiger partial charge >= 0.3 is 0 Å². The largest absolute Gasteiger partial charge is 0.392 e. The van der Waals surface area contributed by atoms with Crippen LogP contribution in [-0.4, -0.2) is 11.2 Å². The van der Waals surface area contributed by atoms with E-state index in [1.165, 1.54) is 44.9 Å². The fourth-order valence-electron chi connectivity index (χ4n) is 3.35. The van der Waals surface area contributed by atoms with Crippen molar-refractivity contribution in [3.63, 3.8) is 0 Å². The van der Waals surface area contributed by atoms with Crippen molar-refractivity contribution in [1.82, 2.24) is 0 Å². The van der Waals surface area contributed by atoms with Crippen LogP contribution in [0.25, 0.3) is 0 Å². The second-order valence-corrected chi connectivity index (χ2v) is 5.79. The van der Waals surface area contributed by atoms with Crippen LogP contribution < -0.4 is 0 Å². The molecule has 0 bridgehead atoms. The van der Waals surface area contributed by atoms with Gasteiger partial charge in [-0.3, -0.25) is 0 Å². The van der Waals surface area contributed by atoms with Crippen LogP contribution in [0.1, 0.15) is 64.7 Å². The highest BCUT2D eigenvalue weighted by atomic mass is 16.3. The van der Waals surface area contributed by atoms with E-state index in [4.69, 9.17) is 0 Å². The molecule has 2 saturated carbocycles. The first-order valence-electron chi connectivity index (χ1n) is 7.11. The van der Waals surface area contributed by atoms with Crippen molar-refractivity contribution >= 4 is 0 Å². The van der Waals surface area contributed by atoms with Crippen molar-refractivity contribution in [2.24, 2.45) is 11.3 Å². The first-order chi connectivity index (χ1) is 7.77. The Balaban J connectivity index is 1.76. The van der Waals surface area contributed by atoms with Gasteiger partial charge in [0.15, 0.2) is 0 Å². The molecule has 0 aliphatic heterocycles. The highest BCUT2D eigenvalue weighted by Crippen LogP contribution is 2.47. The topological polar surface area (TPSA) is 20.2 Å². The van der Waals surface area contributed by atoms with Crippen LogP contribution in [-0.2, 0) is 0 Å². The zero-order valence-electron chi connectivity index (χ0n) is 10.6. The van der Waals surface area contributed by atoms with Gasteiger partial charge in [-0.25, -0.2) is 0 Å². The average molecular weight is 222 g/mol. The van der Waals surface area contributed by atoms with E-state index in [-0.39, 0.29) is 11.5 Å². The van der Waals surface area contributed by atoms with Crippen LogP contribution >= 0.6 is 0 Å². The maximum Gasteiger partial charge on any atom is 0.0630 e. The smallest absolute Gasteiger partial charge is 0.0630 e. The maximum atomic E-state index is 10.2. The molecule has 0 radical (unpaired) electrons. The van der Waals surface area contributed by atoms with Gasteiger partial charge < -0.3 is 5.11 Å². The first-order valence-corrected chi connectivity index (χ1v) is 7.11. The Hall–Kier alpha value is -0.300. The van der Waals surface area contributed by atoms with Gasteiger partial charge in [0.05, 0.1) is 6.10 Å². The summed E-state index contributed by atoms with van der Waals surface area (Å²) in [5.74, 6) is 0.811. The van der Waals surface area contributed by atoms with E-state index in [9.17, 15) is 5.11 Å². The van der Waals surface area contributed by atoms with Crippen molar-refractivity contribution in [3.8, 4) is 0 Å². The first kappa shape index (κ1) is 12.2. The molecule has 2 aliphatic rings. The SMILES string of the molecule is CCC1(C(O)C/C=C/C2CCCC2)CCC1. The Morgan fingerprint density at radius 3 is 2.44 bits per heavy atom. The molecule has 2 fully saturated rings. The fourth-order valence-corrected chi connectivity index (χ4v) is 3.35. The third-order valence-electron chi connectivity index (χ3n) is 4.93. The van der Waals surface area contributed by atoms with Gasteiger partial charge in [0.25, 0.3) is 0 Å². The predicted molar refractivity (Wildman–Crippen MR) is 68.3 cm³/mol. The minimum Gasteiger partial charge on any atom is -0.392 e. The molecule has 0 saturated heterocycles. The molecule has 1 unspecified atom stereocenters. The third-order valence-corrected chi connectivity index (χ3v) is 4.93. The van der Waals surface area contributed by atoms with Gasteiger partial charge in [0.1, 0.15) is 0 Å². The lowest BCUT2D eigenvalue weighted by molar-refractivity contribution is -0.0355. The number of aliphatic hydroxyl groups is 1. The fraction of sp³-hybridized carbons (Fsp3) is 0.867. The molecule has 0 aromatic heterocycles. The lowest BCUT2D eigenvalue weighted by atomic mass is 9.63. The van der Waals surface area contributed by atoms with Crippen LogP contribution in [0.2, 0.25) is 0 Å². The van der Waals surface area contributed by atoms with Gasteiger partial charge in [-0.05, 0) is 49.9 Å². The molecule has 0 heterocycles. The quantitative estimate of drug-likeness (QED) is 0.695. The summed E-state index contributed by atoms with van der Waals surface area (Å²) < 4.78 is 0. The van der Waals surface area contributed by atoms with Crippen molar-refractivity contribution < 1.29 is 5.11 Å². The molecule has 2 rings (SSSR count). The summed E-state index contributed by atoms with van der Waals surface area (Å²) in [4.78, 5) is 0. The van der Waals surface area contributed by atoms with Crippen LogP contribution in [0.4, 0.5) is 0 Å². The van der Waals surface area contributed by atoms with Gasteiger partial charge in [0.2, 0.25) is 0 Å². The number of rotatable bonds is 5. The van der Waals surface area contributed by atoms with Crippen molar-refractivity contribution in [2.45, 2.75) is 70.8 Å². The molecule has 0 spiro atoms. The van der Waals surface area contributed by atoms with Gasteiger partial charge in [-0.15, -0.1) is 0 Å². The van der Waals surface area contributed by atoms with E-state index < -0.39 is 0 Å². The van der Waals surface area contributed by atoms with E-state index in [2.05, 4.69) is 19.1 Å². The van der Waals surface area contributed by atoms with Crippen LogP contribution in [0, 0.1) is 11.3 Å². The standard InChI is InChI=1S/C15H26O/c1-2-15(11-6-12-15)14(16)10-5-9-13-7-3-4-8-13/h5,9,13-14,16H,2-4,6-8,10-12H2,1H3/b9-5+. The monoisotopic (exact) mass is 222 g/mol. The summed E-state index contributed by atoms with van der Waals surface area (Å²) in [5, 5.41) is 10.2. The summed E-state index contributed by atoms with van der Waals surface area (Å²) in [5.41, 5.74) is 0.278. The summed E-state index contributed by atoms with van der Waals surface area (Å²) in [6.07, 6.45) is 15.9. The van der Waals surface area contributed by atoms with Crippen molar-refractivity contribution in [2.75, 3.05) is 0 Å². The van der Waals surface area contributed by atoms with Crippen LogP contribution in [0.5, 0.6) is 0 Å². The third kappa shape index (κ3) is 2.51. The summed E-state index contributed by atoms with van der Waals surface area (Å²) in [6, 6.07) is 0. The van der Waals surface area contributed by atoms with Crippen molar-refractivity contribution in [3.05, 3.63) is 12.2 Å². The second-order valence-electron chi connectivity index (χ2n) is 5.79. The molecular weight excluding hydrogens is 196 g/mol. The highest BCUT2D eigenvalue weighted by Gasteiger charge is 2.40. The molecule has 0 aromatic carbocycles. The highest BCUT2D eigenvalue weighted by molar-refractivity contribution is 4.98. The van der Waals surface area contributed by atoms with E-state index in [0.717, 1.165) is 18.8 Å². The summed E-state index contributed by atoms with van der Waals surface area (Å²) >= 11 is 0. The lowest BCUT2D eigenvalue weighted by Gasteiger charge is -2.45. The van der Waals surface area contributed by atoms with Gasteiger partial charge in [-0.1, -0.05) is 38.3 Å². The molecule has 2 aliphatic carbocycles. The van der Waals surface area contributed by atoms with Crippen molar-refractivity contribution in [1.29, 1.82) is 0 Å². The molecule has 1 N–H and O–H groups in total. The predicted octanol–water partition coefficient (Wildman–Crippen LogP) is 4.06. The lowest BCUT2D eigenvalue weighted by Crippen LogP contribution is -2.40. The maximum absolute atomic E-state index is 10.2. The normalized spacial score (nSPS) is 27.1. The zero-order chi connectivity index (χ0) is 11.4. The van der Waals surface area contributed by atoms with E-state index >= 15 is 0 Å². The summed E-state index contributed by atoms with van der Waals surface area (Å²) in [6.45, 7) is 2.23. The molecule has 1 nitrogen and oxygen atoms in total. The van der Waals surface area contributed by atoms with Crippen LogP contribution in [0.3, 0.4) is 0 Å². The molecule has 1 atom stereocenters. The Kier molecular flexibility index (Phi) is 4.07. The zero-order valence-corrected chi connectivity index (χ0v) is 10.6. The van der Waals surface area contributed by atoms with E-state index in [1.54, 1.807) is 0 Å². The van der Waals surface area contributed by atoms with E-state index in [0.29, 0.717) is 0 Å². The Morgan fingerprint density at radius 1 is 1.25 bits per heavy atom. The molecule has 0 aromatic rings. The number of aliphatic hydroxyl groups excluding tert-OH is 1. The molecular formula is C15H26O. The van der Waals surface area contributed by atoms with Crippen LogP contribution in [0.15, 0.2) is 12.2 Å². The van der Waals surface area contributed by atoms with Gasteiger partial charge in [0, 0.05) is 0 Å². The average Bonchev–Trinajstić information content (AvgIpc) is 2.70. The summed E-state index contributed by atoms with van der Waals surface area (Å²) in [7, 11) is 0. The van der Waals surface area contributed by atoms with Gasteiger partial charge in [-0.2, -0.15) is 0 Å². The Bertz CT molecular complexity index is 228. The van der Waals surface area contributed by atoms with E-state index in [1.807, 2.05) is 0 Å². The number of hydrogen-bond acceptors (Lipinski definition) is 1. The number of allylic oxidation sites excluding steroid dienone is 1. The Morgan fingerprint density at radius 2 is 1.94 bits per heavy atom. The minimum atomic E-state index is -0.0936. The molecule has 92 valence electrons.